The van der Waals surface area contributed by atoms with Gasteiger partial charge in [0.2, 0.25) is 5.91 Å². The molecule has 0 unspecified atom stereocenters. The molecule has 0 aliphatic carbocycles. The fraction of sp³-hybridized carbons (Fsp3) is 0.318. The van der Waals surface area contributed by atoms with Crippen LogP contribution in [0.2, 0.25) is 0 Å². The molecule has 0 aromatic heterocycles. The van der Waals surface area contributed by atoms with Crippen molar-refractivity contribution in [2.75, 3.05) is 13.1 Å². The van der Waals surface area contributed by atoms with E-state index in [2.05, 4.69) is 10.5 Å². The largest absolute Gasteiger partial charge is 0.508 e. The van der Waals surface area contributed by atoms with Crippen molar-refractivity contribution in [2.24, 2.45) is 10.9 Å². The number of nitrogens with zero attached hydrogens (tertiary/aromatic N) is 2. The van der Waals surface area contributed by atoms with E-state index in [4.69, 9.17) is 10.9 Å². The normalized spacial score (nSPS) is 15.5. The topological polar surface area (TPSA) is 128 Å². The van der Waals surface area contributed by atoms with Gasteiger partial charge in [-0.05, 0) is 49.1 Å². The molecule has 0 bridgehead atoms. The summed E-state index contributed by atoms with van der Waals surface area (Å²) in [5.41, 5.74) is 7.24. The molecule has 0 saturated carbocycles. The van der Waals surface area contributed by atoms with Gasteiger partial charge in [0.05, 0.1) is 0 Å². The predicted octanol–water partition coefficient (Wildman–Crippen LogP) is 1.84. The van der Waals surface area contributed by atoms with Crippen molar-refractivity contribution in [1.82, 2.24) is 10.2 Å². The summed E-state index contributed by atoms with van der Waals surface area (Å²) >= 11 is 0. The highest BCUT2D eigenvalue weighted by Crippen LogP contribution is 2.15. The number of oxime groups is 1. The molecule has 1 fully saturated rings. The molecule has 158 valence electrons. The van der Waals surface area contributed by atoms with Crippen LogP contribution in [0.25, 0.3) is 0 Å². The number of amidine groups is 1. The number of phenols is 1. The summed E-state index contributed by atoms with van der Waals surface area (Å²) in [5.74, 6) is -0.389. The minimum absolute atomic E-state index is 0.0487. The van der Waals surface area contributed by atoms with Crippen LogP contribution in [0, 0.1) is 0 Å². The number of benzene rings is 2. The van der Waals surface area contributed by atoms with Crippen LogP contribution in [0.1, 0.15) is 40.7 Å². The Kier molecular flexibility index (Phi) is 6.90. The summed E-state index contributed by atoms with van der Waals surface area (Å²) in [6.45, 7) is 1.38. The number of phenolic OH excluding ortho intramolecular Hbond substituents is 1. The zero-order valence-corrected chi connectivity index (χ0v) is 16.6. The molecule has 1 heterocycles. The molecule has 2 aromatic carbocycles. The predicted molar refractivity (Wildman–Crippen MR) is 112 cm³/mol. The third-order valence-corrected chi connectivity index (χ3v) is 5.20. The molecule has 3 rings (SSSR count). The Labute approximate surface area is 175 Å². The fourth-order valence-corrected chi connectivity index (χ4v) is 3.49. The monoisotopic (exact) mass is 410 g/mol. The lowest BCUT2D eigenvalue weighted by atomic mass is 10.0. The average Bonchev–Trinajstić information content (AvgIpc) is 2.79. The van der Waals surface area contributed by atoms with Crippen molar-refractivity contribution < 1.29 is 19.9 Å². The van der Waals surface area contributed by atoms with Crippen LogP contribution in [0.4, 0.5) is 0 Å². The van der Waals surface area contributed by atoms with Crippen molar-refractivity contribution in [3.05, 3.63) is 65.2 Å². The van der Waals surface area contributed by atoms with Gasteiger partial charge < -0.3 is 26.3 Å². The quantitative estimate of drug-likeness (QED) is 0.250. The highest BCUT2D eigenvalue weighted by atomic mass is 16.4. The van der Waals surface area contributed by atoms with Crippen molar-refractivity contribution in [3.8, 4) is 5.75 Å². The van der Waals surface area contributed by atoms with E-state index in [1.54, 1.807) is 53.4 Å². The lowest BCUT2D eigenvalue weighted by molar-refractivity contribution is -0.134. The fourth-order valence-electron chi connectivity index (χ4n) is 3.49. The van der Waals surface area contributed by atoms with Gasteiger partial charge in [0, 0.05) is 30.6 Å². The van der Waals surface area contributed by atoms with Crippen molar-refractivity contribution in [3.63, 3.8) is 0 Å². The van der Waals surface area contributed by atoms with E-state index >= 15 is 0 Å². The van der Waals surface area contributed by atoms with Crippen LogP contribution in [0.3, 0.4) is 0 Å². The Balaban J connectivity index is 1.77. The number of carbonyl (C=O) groups is 2. The van der Waals surface area contributed by atoms with Crippen molar-refractivity contribution in [2.45, 2.75) is 31.7 Å². The minimum Gasteiger partial charge on any atom is -0.508 e. The number of piperidine rings is 1. The Bertz CT molecular complexity index is 904. The molecule has 1 saturated heterocycles. The van der Waals surface area contributed by atoms with Crippen molar-refractivity contribution >= 4 is 17.6 Å². The minimum atomic E-state index is -0.719. The summed E-state index contributed by atoms with van der Waals surface area (Å²) in [6, 6.07) is 12.2. The van der Waals surface area contributed by atoms with Gasteiger partial charge in [-0.15, -0.1) is 0 Å². The van der Waals surface area contributed by atoms with E-state index in [-0.39, 0.29) is 23.4 Å². The van der Waals surface area contributed by atoms with Crippen LogP contribution < -0.4 is 11.1 Å². The summed E-state index contributed by atoms with van der Waals surface area (Å²) in [6.07, 6.45) is 3.34. The number of nitrogens with one attached hydrogen (secondary N) is 1. The number of likely N-dealkylation sites (tertiary alicyclic amines) is 1. The van der Waals surface area contributed by atoms with E-state index in [0.29, 0.717) is 30.6 Å². The maximum absolute atomic E-state index is 13.1. The molecular formula is C22H26N4O4. The van der Waals surface area contributed by atoms with Crippen LogP contribution >= 0.6 is 0 Å². The second kappa shape index (κ2) is 9.78. The number of amides is 2. The standard InChI is InChI=1S/C22H26N4O4/c23-20(25-30)16-6-8-17(9-7-16)21(28)24-19(14-15-4-10-18(27)11-5-15)22(29)26-12-2-1-3-13-26/h4-11,19,27,30H,1-3,12-14H2,(H2,23,25)(H,24,28)/t19-/m0/s1. The van der Waals surface area contributed by atoms with Crippen molar-refractivity contribution in [1.29, 1.82) is 0 Å². The van der Waals surface area contributed by atoms with Gasteiger partial charge in [-0.1, -0.05) is 29.4 Å². The molecular weight excluding hydrogens is 384 g/mol. The third kappa shape index (κ3) is 5.28. The van der Waals surface area contributed by atoms with Gasteiger partial charge in [-0.3, -0.25) is 9.59 Å². The molecule has 2 amide bonds. The van der Waals surface area contributed by atoms with E-state index < -0.39 is 6.04 Å². The smallest absolute Gasteiger partial charge is 0.251 e. The number of aromatic hydroxyl groups is 1. The first kappa shape index (κ1) is 21.2. The van der Waals surface area contributed by atoms with E-state index in [1.165, 1.54) is 0 Å². The van der Waals surface area contributed by atoms with Gasteiger partial charge in [0.1, 0.15) is 11.8 Å². The Morgan fingerprint density at radius 3 is 2.20 bits per heavy atom. The molecule has 5 N–H and O–H groups in total. The summed E-state index contributed by atoms with van der Waals surface area (Å²) in [7, 11) is 0. The Hall–Kier alpha value is -3.55. The maximum atomic E-state index is 13.1. The number of hydrogen-bond donors (Lipinski definition) is 4. The molecule has 8 nitrogen and oxygen atoms in total. The van der Waals surface area contributed by atoms with Gasteiger partial charge in [-0.25, -0.2) is 0 Å². The zero-order valence-electron chi connectivity index (χ0n) is 16.6. The highest BCUT2D eigenvalue weighted by molar-refractivity contribution is 6.00. The first-order valence-corrected chi connectivity index (χ1v) is 9.93. The third-order valence-electron chi connectivity index (χ3n) is 5.20. The van der Waals surface area contributed by atoms with Crippen LogP contribution in [0.5, 0.6) is 5.75 Å². The van der Waals surface area contributed by atoms with E-state index in [0.717, 1.165) is 24.8 Å². The molecule has 1 atom stereocenters. The Morgan fingerprint density at radius 1 is 1.00 bits per heavy atom. The maximum Gasteiger partial charge on any atom is 0.251 e. The summed E-state index contributed by atoms with van der Waals surface area (Å²) in [5, 5.41) is 24.0. The molecule has 30 heavy (non-hydrogen) atoms. The summed E-state index contributed by atoms with van der Waals surface area (Å²) < 4.78 is 0. The van der Waals surface area contributed by atoms with E-state index in [9.17, 15) is 14.7 Å². The molecule has 0 radical (unpaired) electrons. The Morgan fingerprint density at radius 2 is 1.60 bits per heavy atom. The molecule has 1 aliphatic heterocycles. The average molecular weight is 410 g/mol. The first-order valence-electron chi connectivity index (χ1n) is 9.93. The van der Waals surface area contributed by atoms with Crippen LogP contribution in [0.15, 0.2) is 53.7 Å². The number of rotatable bonds is 6. The number of carbonyl (C=O) groups excluding carboxylic acids is 2. The molecule has 1 aliphatic rings. The molecule has 0 spiro atoms. The van der Waals surface area contributed by atoms with Gasteiger partial charge in [0.15, 0.2) is 5.84 Å². The van der Waals surface area contributed by atoms with Gasteiger partial charge in [-0.2, -0.15) is 0 Å². The lowest BCUT2D eigenvalue weighted by Crippen LogP contribution is -2.51. The van der Waals surface area contributed by atoms with Crippen LogP contribution in [-0.4, -0.2) is 52.0 Å². The van der Waals surface area contributed by atoms with Gasteiger partial charge >= 0.3 is 0 Å². The number of hydrogen-bond acceptors (Lipinski definition) is 5. The zero-order chi connectivity index (χ0) is 21.5. The second-order valence-electron chi connectivity index (χ2n) is 7.35. The second-order valence-corrected chi connectivity index (χ2v) is 7.35. The van der Waals surface area contributed by atoms with Crippen LogP contribution in [-0.2, 0) is 11.2 Å². The molecule has 8 heteroatoms. The molecule has 2 aromatic rings. The SMILES string of the molecule is N/C(=N\O)c1ccc(C(=O)N[C@@H](Cc2ccc(O)cc2)C(=O)N2CCCCC2)cc1. The highest BCUT2D eigenvalue weighted by Gasteiger charge is 2.27. The first-order chi connectivity index (χ1) is 14.5. The summed E-state index contributed by atoms with van der Waals surface area (Å²) in [4.78, 5) is 27.7. The number of nitrogens with two attached hydrogens (primary N) is 1. The van der Waals surface area contributed by atoms with Gasteiger partial charge in [0.25, 0.3) is 5.91 Å². The van der Waals surface area contributed by atoms with E-state index in [1.807, 2.05) is 0 Å². The lowest BCUT2D eigenvalue weighted by Gasteiger charge is -2.31.